The number of piperidine rings is 1. The highest BCUT2D eigenvalue weighted by atomic mass is 16.7. The molecule has 1 aromatic heterocycles. The number of likely N-dealkylation sites (tertiary alicyclic amines) is 1. The van der Waals surface area contributed by atoms with E-state index in [4.69, 9.17) is 9.94 Å². The highest BCUT2D eigenvalue weighted by molar-refractivity contribution is 6.02. The van der Waals surface area contributed by atoms with Crippen LogP contribution in [0.3, 0.4) is 0 Å². The molecule has 3 aliphatic rings. The second-order valence-electron chi connectivity index (χ2n) is 11.3. The third-order valence-corrected chi connectivity index (χ3v) is 8.29. The summed E-state index contributed by atoms with van der Waals surface area (Å²) in [5.74, 6) is -0.155. The lowest BCUT2D eigenvalue weighted by Crippen LogP contribution is -2.44. The molecular weight excluding hydrogens is 450 g/mol. The van der Waals surface area contributed by atoms with E-state index in [0.717, 1.165) is 56.1 Å². The van der Waals surface area contributed by atoms with Crippen LogP contribution in [0.4, 0.5) is 0 Å². The molecule has 6 heteroatoms. The summed E-state index contributed by atoms with van der Waals surface area (Å²) < 4.78 is 2.46. The van der Waals surface area contributed by atoms with Gasteiger partial charge < -0.3 is 14.5 Å². The fourth-order valence-corrected chi connectivity index (χ4v) is 5.99. The highest BCUT2D eigenvalue weighted by Crippen LogP contribution is 2.43. The molecule has 2 aliphatic heterocycles. The molecule has 6 nitrogen and oxygen atoms in total. The lowest BCUT2D eigenvalue weighted by atomic mass is 9.85. The maximum Gasteiger partial charge on any atom is 0.335 e. The Bertz CT molecular complexity index is 1340. The first-order chi connectivity index (χ1) is 17.3. The van der Waals surface area contributed by atoms with E-state index in [2.05, 4.69) is 53.7 Å². The van der Waals surface area contributed by atoms with Crippen LogP contribution in [0.15, 0.2) is 47.8 Å². The molecule has 2 aromatic carbocycles. The van der Waals surface area contributed by atoms with Crippen molar-refractivity contribution in [2.24, 2.45) is 5.16 Å². The van der Waals surface area contributed by atoms with E-state index in [0.29, 0.717) is 11.6 Å². The van der Waals surface area contributed by atoms with Crippen LogP contribution in [-0.4, -0.2) is 44.9 Å². The Morgan fingerprint density at radius 2 is 1.89 bits per heavy atom. The van der Waals surface area contributed by atoms with Gasteiger partial charge in [-0.05, 0) is 80.0 Å². The number of nitrogens with zero attached hydrogens (tertiary/aromatic N) is 3. The van der Waals surface area contributed by atoms with Gasteiger partial charge in [-0.2, -0.15) is 0 Å². The maximum atomic E-state index is 11.1. The summed E-state index contributed by atoms with van der Waals surface area (Å²) in [6.07, 6.45) is 7.71. The van der Waals surface area contributed by atoms with Crippen molar-refractivity contribution < 1.29 is 14.7 Å². The fraction of sp³-hybridized carbons (Fsp3) is 0.467. The van der Waals surface area contributed by atoms with Gasteiger partial charge in [0, 0.05) is 56.5 Å². The van der Waals surface area contributed by atoms with Gasteiger partial charge in [0.05, 0.1) is 16.8 Å². The van der Waals surface area contributed by atoms with E-state index >= 15 is 0 Å². The van der Waals surface area contributed by atoms with Crippen LogP contribution in [0.2, 0.25) is 0 Å². The number of aryl methyl sites for hydroxylation is 1. The van der Waals surface area contributed by atoms with Crippen LogP contribution in [-0.2, 0) is 11.4 Å². The number of hydrogen-bond donors (Lipinski definition) is 1. The molecule has 0 atom stereocenters. The number of oxime groups is 1. The monoisotopic (exact) mass is 485 g/mol. The SMILES string of the molecule is Cc1cc(C2CC2)cc2c(CN3CCC4(CC3)CC(c3ccc(C(=O)O)cc3)=NO4)cn(C(C)C)c12. The smallest absolute Gasteiger partial charge is 0.335 e. The van der Waals surface area contributed by atoms with E-state index in [9.17, 15) is 4.79 Å². The molecule has 188 valence electrons. The van der Waals surface area contributed by atoms with Crippen LogP contribution >= 0.6 is 0 Å². The molecule has 2 fully saturated rings. The molecule has 1 spiro atoms. The fourth-order valence-electron chi connectivity index (χ4n) is 5.99. The Morgan fingerprint density at radius 3 is 2.53 bits per heavy atom. The lowest BCUT2D eigenvalue weighted by molar-refractivity contribution is -0.0626. The van der Waals surface area contributed by atoms with Gasteiger partial charge in [0.1, 0.15) is 5.60 Å². The molecule has 0 unspecified atom stereocenters. The Labute approximate surface area is 212 Å². The van der Waals surface area contributed by atoms with E-state index < -0.39 is 5.97 Å². The summed E-state index contributed by atoms with van der Waals surface area (Å²) in [7, 11) is 0. The molecular formula is C30H35N3O3. The third-order valence-electron chi connectivity index (χ3n) is 8.29. The number of fused-ring (bicyclic) bond motifs is 1. The summed E-state index contributed by atoms with van der Waals surface area (Å²) in [5.41, 5.74) is 7.66. The zero-order valence-electron chi connectivity index (χ0n) is 21.5. The molecule has 0 radical (unpaired) electrons. The van der Waals surface area contributed by atoms with Gasteiger partial charge in [-0.3, -0.25) is 4.90 Å². The zero-order chi connectivity index (χ0) is 25.0. The predicted molar refractivity (Wildman–Crippen MR) is 142 cm³/mol. The van der Waals surface area contributed by atoms with Crippen LogP contribution in [0.1, 0.15) is 90.5 Å². The third kappa shape index (κ3) is 4.21. The molecule has 3 aromatic rings. The number of benzene rings is 2. The van der Waals surface area contributed by atoms with Gasteiger partial charge >= 0.3 is 5.97 Å². The summed E-state index contributed by atoms with van der Waals surface area (Å²) in [4.78, 5) is 19.7. The van der Waals surface area contributed by atoms with Crippen molar-refractivity contribution in [3.63, 3.8) is 0 Å². The van der Waals surface area contributed by atoms with Gasteiger partial charge in [0.25, 0.3) is 0 Å². The van der Waals surface area contributed by atoms with Gasteiger partial charge in [0.2, 0.25) is 0 Å². The van der Waals surface area contributed by atoms with E-state index in [1.54, 1.807) is 12.1 Å². The number of aromatic nitrogens is 1. The van der Waals surface area contributed by atoms with Crippen molar-refractivity contribution in [2.45, 2.75) is 77.0 Å². The molecule has 1 N–H and O–H groups in total. The maximum absolute atomic E-state index is 11.1. The molecule has 1 saturated carbocycles. The first-order valence-electron chi connectivity index (χ1n) is 13.3. The molecule has 1 aliphatic carbocycles. The Morgan fingerprint density at radius 1 is 1.17 bits per heavy atom. The van der Waals surface area contributed by atoms with E-state index in [1.807, 2.05) is 12.1 Å². The van der Waals surface area contributed by atoms with Crippen LogP contribution in [0.25, 0.3) is 10.9 Å². The summed E-state index contributed by atoms with van der Waals surface area (Å²) in [5, 5.41) is 15.0. The minimum absolute atomic E-state index is 0.237. The van der Waals surface area contributed by atoms with Crippen LogP contribution < -0.4 is 0 Å². The summed E-state index contributed by atoms with van der Waals surface area (Å²) in [6, 6.07) is 12.3. The van der Waals surface area contributed by atoms with Gasteiger partial charge in [-0.1, -0.05) is 23.4 Å². The predicted octanol–water partition coefficient (Wildman–Crippen LogP) is 6.27. The minimum atomic E-state index is -0.912. The zero-order valence-corrected chi connectivity index (χ0v) is 21.5. The standard InChI is InChI=1S/C30H35N3O3/c1-19(2)33-18-25(26-15-24(21-4-5-21)14-20(3)28(26)33)17-32-12-10-30(11-13-32)16-27(31-36-30)22-6-8-23(9-7-22)29(34)35/h6-9,14-15,18-19,21H,4-5,10-13,16-17H2,1-3H3,(H,34,35). The van der Waals surface area contributed by atoms with Crippen molar-refractivity contribution in [1.82, 2.24) is 9.47 Å². The van der Waals surface area contributed by atoms with Gasteiger partial charge in [-0.25, -0.2) is 4.79 Å². The lowest BCUT2D eigenvalue weighted by Gasteiger charge is -2.37. The van der Waals surface area contributed by atoms with Crippen LogP contribution in [0.5, 0.6) is 0 Å². The Kier molecular flexibility index (Phi) is 5.67. The molecule has 1 saturated heterocycles. The average molecular weight is 486 g/mol. The minimum Gasteiger partial charge on any atom is -0.478 e. The molecule has 3 heterocycles. The molecule has 0 amide bonds. The largest absolute Gasteiger partial charge is 0.478 e. The van der Waals surface area contributed by atoms with Crippen molar-refractivity contribution in [2.75, 3.05) is 13.1 Å². The Hall–Kier alpha value is -3.12. The first-order valence-corrected chi connectivity index (χ1v) is 13.3. The van der Waals surface area contributed by atoms with Crippen molar-refractivity contribution in [3.8, 4) is 0 Å². The number of rotatable bonds is 6. The number of carboxylic acids is 1. The molecule has 6 rings (SSSR count). The van der Waals surface area contributed by atoms with E-state index in [1.165, 1.54) is 40.4 Å². The normalized spacial score (nSPS) is 19.7. The number of aromatic carboxylic acids is 1. The summed E-state index contributed by atoms with van der Waals surface area (Å²) in [6.45, 7) is 9.74. The van der Waals surface area contributed by atoms with Crippen molar-refractivity contribution >= 4 is 22.6 Å². The number of hydrogen-bond acceptors (Lipinski definition) is 4. The number of carbonyl (C=O) groups is 1. The first kappa shape index (κ1) is 23.3. The Balaban J connectivity index is 1.15. The van der Waals surface area contributed by atoms with Crippen molar-refractivity contribution in [1.29, 1.82) is 0 Å². The quantitative estimate of drug-likeness (QED) is 0.447. The van der Waals surface area contributed by atoms with Crippen molar-refractivity contribution in [3.05, 3.63) is 70.4 Å². The molecule has 0 bridgehead atoms. The van der Waals surface area contributed by atoms with Gasteiger partial charge in [-0.15, -0.1) is 0 Å². The second kappa shape index (κ2) is 8.77. The summed E-state index contributed by atoms with van der Waals surface area (Å²) >= 11 is 0. The molecule has 36 heavy (non-hydrogen) atoms. The van der Waals surface area contributed by atoms with Gasteiger partial charge in [0.15, 0.2) is 0 Å². The highest BCUT2D eigenvalue weighted by Gasteiger charge is 2.42. The topological polar surface area (TPSA) is 67.1 Å². The van der Waals surface area contributed by atoms with E-state index in [-0.39, 0.29) is 5.60 Å². The van der Waals surface area contributed by atoms with Crippen LogP contribution in [0, 0.1) is 6.92 Å². The second-order valence-corrected chi connectivity index (χ2v) is 11.3. The number of carboxylic acid groups (broad SMARTS) is 1. The average Bonchev–Trinajstić information content (AvgIpc) is 3.54.